The molecule has 0 spiro atoms. The molecular weight excluding hydrogens is 274 g/mol. The second kappa shape index (κ2) is 6.72. The number of aliphatic hydroxyl groups is 1. The lowest BCUT2D eigenvalue weighted by Gasteiger charge is -2.14. The minimum atomic E-state index is -0.684. The van der Waals surface area contributed by atoms with Crippen LogP contribution in [-0.4, -0.2) is 23.3 Å². The fourth-order valence-electron chi connectivity index (χ4n) is 1.91. The summed E-state index contributed by atoms with van der Waals surface area (Å²) in [7, 11) is 0. The summed E-state index contributed by atoms with van der Waals surface area (Å²) in [5.41, 5.74) is 0.778. The molecule has 1 aromatic carbocycles. The molecule has 20 heavy (non-hydrogen) atoms. The molecule has 0 bridgehead atoms. The predicted molar refractivity (Wildman–Crippen MR) is 79.7 cm³/mol. The van der Waals surface area contributed by atoms with Crippen LogP contribution in [0.15, 0.2) is 24.4 Å². The Labute approximate surface area is 123 Å². The SMILES string of the molecule is CCOc1ccc(C(O)c2cnc(C)s2)cc1OCC. The van der Waals surface area contributed by atoms with Crippen LogP contribution in [0.3, 0.4) is 0 Å². The molecule has 108 valence electrons. The number of ether oxygens (including phenoxy) is 2. The molecule has 0 radical (unpaired) electrons. The van der Waals surface area contributed by atoms with E-state index in [-0.39, 0.29) is 0 Å². The Hall–Kier alpha value is -1.59. The first-order valence-electron chi connectivity index (χ1n) is 6.65. The molecule has 1 N–H and O–H groups in total. The van der Waals surface area contributed by atoms with Gasteiger partial charge in [0, 0.05) is 6.20 Å². The number of aromatic nitrogens is 1. The number of benzene rings is 1. The maximum absolute atomic E-state index is 10.4. The Morgan fingerprint density at radius 3 is 2.50 bits per heavy atom. The van der Waals surface area contributed by atoms with E-state index in [0.29, 0.717) is 24.7 Å². The van der Waals surface area contributed by atoms with E-state index in [1.54, 1.807) is 6.20 Å². The number of aryl methyl sites for hydroxylation is 1. The fourth-order valence-corrected chi connectivity index (χ4v) is 2.71. The molecule has 0 saturated carbocycles. The third-order valence-corrected chi connectivity index (χ3v) is 3.76. The molecule has 2 rings (SSSR count). The molecule has 1 atom stereocenters. The molecule has 5 heteroatoms. The van der Waals surface area contributed by atoms with Gasteiger partial charge in [0.2, 0.25) is 0 Å². The molecule has 0 aliphatic carbocycles. The van der Waals surface area contributed by atoms with Gasteiger partial charge < -0.3 is 14.6 Å². The Morgan fingerprint density at radius 1 is 1.20 bits per heavy atom. The van der Waals surface area contributed by atoms with Crippen LogP contribution in [-0.2, 0) is 0 Å². The first-order valence-corrected chi connectivity index (χ1v) is 7.47. The molecule has 1 heterocycles. The van der Waals surface area contributed by atoms with Crippen molar-refractivity contribution in [1.82, 2.24) is 4.98 Å². The number of thiazole rings is 1. The molecule has 0 aliphatic rings. The molecule has 1 aromatic heterocycles. The van der Waals surface area contributed by atoms with E-state index >= 15 is 0 Å². The summed E-state index contributed by atoms with van der Waals surface area (Å²) in [6.45, 7) is 6.91. The molecule has 1 unspecified atom stereocenters. The van der Waals surface area contributed by atoms with Gasteiger partial charge in [-0.2, -0.15) is 0 Å². The molecule has 0 saturated heterocycles. The summed E-state index contributed by atoms with van der Waals surface area (Å²) in [6, 6.07) is 5.52. The van der Waals surface area contributed by atoms with Crippen LogP contribution in [0.4, 0.5) is 0 Å². The molecule has 0 aliphatic heterocycles. The van der Waals surface area contributed by atoms with E-state index in [1.165, 1.54) is 11.3 Å². The Kier molecular flexibility index (Phi) is 4.98. The summed E-state index contributed by atoms with van der Waals surface area (Å²) >= 11 is 1.49. The zero-order valence-corrected chi connectivity index (χ0v) is 12.7. The lowest BCUT2D eigenvalue weighted by molar-refractivity contribution is 0.222. The summed E-state index contributed by atoms with van der Waals surface area (Å²) in [4.78, 5) is 5.00. The maximum atomic E-state index is 10.4. The molecule has 2 aromatic rings. The second-order valence-electron chi connectivity index (χ2n) is 4.26. The second-order valence-corrected chi connectivity index (χ2v) is 5.52. The Morgan fingerprint density at radius 2 is 1.90 bits per heavy atom. The van der Waals surface area contributed by atoms with Crippen molar-refractivity contribution < 1.29 is 14.6 Å². The smallest absolute Gasteiger partial charge is 0.161 e. The minimum Gasteiger partial charge on any atom is -0.490 e. The largest absolute Gasteiger partial charge is 0.490 e. The van der Waals surface area contributed by atoms with Gasteiger partial charge >= 0.3 is 0 Å². The van der Waals surface area contributed by atoms with Gasteiger partial charge in [-0.05, 0) is 38.5 Å². The summed E-state index contributed by atoms with van der Waals surface area (Å²) < 4.78 is 11.1. The summed E-state index contributed by atoms with van der Waals surface area (Å²) in [5, 5.41) is 11.3. The fraction of sp³-hybridized carbons (Fsp3) is 0.400. The monoisotopic (exact) mass is 293 g/mol. The van der Waals surface area contributed by atoms with Crippen molar-refractivity contribution in [2.24, 2.45) is 0 Å². The van der Waals surface area contributed by atoms with Gasteiger partial charge in [-0.25, -0.2) is 4.98 Å². The molecule has 0 amide bonds. The highest BCUT2D eigenvalue weighted by Gasteiger charge is 2.16. The Bertz CT molecular complexity index is 568. The van der Waals surface area contributed by atoms with Gasteiger partial charge in [-0.3, -0.25) is 0 Å². The highest BCUT2D eigenvalue weighted by Crippen LogP contribution is 2.34. The Balaban J connectivity index is 2.29. The third kappa shape index (κ3) is 3.29. The van der Waals surface area contributed by atoms with Gasteiger partial charge in [-0.1, -0.05) is 6.07 Å². The van der Waals surface area contributed by atoms with Crippen LogP contribution in [0.2, 0.25) is 0 Å². The van der Waals surface area contributed by atoms with Crippen LogP contribution in [0.1, 0.15) is 35.4 Å². The standard InChI is InChI=1S/C15H19NO3S/c1-4-18-12-7-6-11(8-13(12)19-5-2)15(17)14-9-16-10(3)20-14/h6-9,15,17H,4-5H2,1-3H3. The number of nitrogens with zero attached hydrogens (tertiary/aromatic N) is 1. The minimum absolute atomic E-state index is 0.555. The van der Waals surface area contributed by atoms with Crippen molar-refractivity contribution in [3.8, 4) is 11.5 Å². The quantitative estimate of drug-likeness (QED) is 0.887. The van der Waals surface area contributed by atoms with Crippen LogP contribution >= 0.6 is 11.3 Å². The molecular formula is C15H19NO3S. The van der Waals surface area contributed by atoms with Gasteiger partial charge in [-0.15, -0.1) is 11.3 Å². The number of rotatable bonds is 6. The molecule has 0 fully saturated rings. The van der Waals surface area contributed by atoms with Crippen LogP contribution in [0.25, 0.3) is 0 Å². The van der Waals surface area contributed by atoms with Crippen molar-refractivity contribution in [3.63, 3.8) is 0 Å². The van der Waals surface area contributed by atoms with Crippen LogP contribution in [0.5, 0.6) is 11.5 Å². The highest BCUT2D eigenvalue weighted by atomic mass is 32.1. The summed E-state index contributed by atoms with van der Waals surface area (Å²) in [5.74, 6) is 1.36. The van der Waals surface area contributed by atoms with Gasteiger partial charge in [0.15, 0.2) is 11.5 Å². The lowest BCUT2D eigenvalue weighted by atomic mass is 10.1. The van der Waals surface area contributed by atoms with E-state index < -0.39 is 6.10 Å². The number of aliphatic hydroxyl groups excluding tert-OH is 1. The van der Waals surface area contributed by atoms with Crippen molar-refractivity contribution in [2.75, 3.05) is 13.2 Å². The third-order valence-electron chi connectivity index (χ3n) is 2.79. The number of hydrogen-bond acceptors (Lipinski definition) is 5. The summed E-state index contributed by atoms with van der Waals surface area (Å²) in [6.07, 6.45) is 1.03. The first kappa shape index (κ1) is 14.8. The maximum Gasteiger partial charge on any atom is 0.161 e. The van der Waals surface area contributed by atoms with E-state index in [4.69, 9.17) is 9.47 Å². The number of hydrogen-bond donors (Lipinski definition) is 1. The average molecular weight is 293 g/mol. The van der Waals surface area contributed by atoms with Crippen molar-refractivity contribution >= 4 is 11.3 Å². The van der Waals surface area contributed by atoms with Crippen LogP contribution < -0.4 is 9.47 Å². The zero-order chi connectivity index (χ0) is 14.5. The predicted octanol–water partition coefficient (Wildman–Crippen LogP) is 3.33. The van der Waals surface area contributed by atoms with Crippen molar-refractivity contribution in [1.29, 1.82) is 0 Å². The molecule has 4 nitrogen and oxygen atoms in total. The highest BCUT2D eigenvalue weighted by molar-refractivity contribution is 7.11. The first-order chi connectivity index (χ1) is 9.65. The normalized spacial score (nSPS) is 12.2. The average Bonchev–Trinajstić information content (AvgIpc) is 2.87. The van der Waals surface area contributed by atoms with E-state index in [1.807, 2.05) is 39.0 Å². The lowest BCUT2D eigenvalue weighted by Crippen LogP contribution is -2.02. The van der Waals surface area contributed by atoms with Crippen LogP contribution in [0, 0.1) is 6.92 Å². The van der Waals surface area contributed by atoms with E-state index in [0.717, 1.165) is 15.4 Å². The van der Waals surface area contributed by atoms with Crippen molar-refractivity contribution in [3.05, 3.63) is 39.8 Å². The van der Waals surface area contributed by atoms with E-state index in [2.05, 4.69) is 4.98 Å². The van der Waals surface area contributed by atoms with Gasteiger partial charge in [0.05, 0.1) is 23.1 Å². The van der Waals surface area contributed by atoms with Gasteiger partial charge in [0.25, 0.3) is 0 Å². The van der Waals surface area contributed by atoms with Crippen molar-refractivity contribution in [2.45, 2.75) is 26.9 Å². The van der Waals surface area contributed by atoms with E-state index in [9.17, 15) is 5.11 Å². The van der Waals surface area contributed by atoms with Gasteiger partial charge in [0.1, 0.15) is 6.10 Å². The zero-order valence-electron chi connectivity index (χ0n) is 11.9. The topological polar surface area (TPSA) is 51.6 Å².